The van der Waals surface area contributed by atoms with Crippen LogP contribution >= 0.6 is 0 Å². The molecule has 0 aliphatic carbocycles. The number of fused-ring (bicyclic) bond motifs is 1. The van der Waals surface area contributed by atoms with Gasteiger partial charge in [0.05, 0.1) is 24.4 Å². The van der Waals surface area contributed by atoms with Crippen molar-refractivity contribution in [2.45, 2.75) is 6.61 Å². The highest BCUT2D eigenvalue weighted by atomic mass is 16.5. The zero-order chi connectivity index (χ0) is 19.2. The second-order valence-electron chi connectivity index (χ2n) is 6.66. The van der Waals surface area contributed by atoms with Crippen molar-refractivity contribution in [3.8, 4) is 5.75 Å². The third-order valence-electron chi connectivity index (χ3n) is 4.72. The van der Waals surface area contributed by atoms with Crippen LogP contribution in [0.2, 0.25) is 0 Å². The zero-order valence-corrected chi connectivity index (χ0v) is 15.6. The van der Waals surface area contributed by atoms with E-state index in [-0.39, 0.29) is 0 Å². The molecular formula is C23H22N2O3. The van der Waals surface area contributed by atoms with Gasteiger partial charge in [0.2, 0.25) is 0 Å². The van der Waals surface area contributed by atoms with E-state index in [1.807, 2.05) is 60.8 Å². The number of aldehydes is 1. The van der Waals surface area contributed by atoms with Crippen LogP contribution < -0.4 is 4.74 Å². The lowest BCUT2D eigenvalue weighted by Crippen LogP contribution is -2.32. The monoisotopic (exact) mass is 374 g/mol. The Morgan fingerprint density at radius 3 is 2.61 bits per heavy atom. The van der Waals surface area contributed by atoms with Gasteiger partial charge in [-0.1, -0.05) is 36.4 Å². The van der Waals surface area contributed by atoms with Gasteiger partial charge in [0.1, 0.15) is 12.4 Å². The minimum atomic E-state index is 0.397. The van der Waals surface area contributed by atoms with Crippen molar-refractivity contribution in [1.29, 1.82) is 0 Å². The zero-order valence-electron chi connectivity index (χ0n) is 15.6. The minimum absolute atomic E-state index is 0.397. The van der Waals surface area contributed by atoms with Crippen LogP contribution in [-0.2, 0) is 16.1 Å². The molecule has 28 heavy (non-hydrogen) atoms. The van der Waals surface area contributed by atoms with Gasteiger partial charge in [-0.25, -0.2) is 4.98 Å². The Balaban J connectivity index is 1.42. The molecule has 1 saturated heterocycles. The molecule has 2 heterocycles. The molecule has 3 aromatic rings. The van der Waals surface area contributed by atoms with Gasteiger partial charge in [-0.15, -0.1) is 0 Å². The number of carbonyl (C=O) groups is 1. The molecule has 0 spiro atoms. The van der Waals surface area contributed by atoms with Gasteiger partial charge in [0.15, 0.2) is 6.29 Å². The lowest BCUT2D eigenvalue weighted by Gasteiger charge is -2.25. The molecule has 0 atom stereocenters. The number of aromatic nitrogens is 1. The molecule has 1 fully saturated rings. The summed E-state index contributed by atoms with van der Waals surface area (Å²) in [7, 11) is 0. The summed E-state index contributed by atoms with van der Waals surface area (Å²) in [6.07, 6.45) is 2.80. The Kier molecular flexibility index (Phi) is 5.64. The maximum Gasteiger partial charge on any atom is 0.152 e. The molecule has 0 radical (unpaired) electrons. The quantitative estimate of drug-likeness (QED) is 0.487. The molecule has 0 bridgehead atoms. The van der Waals surface area contributed by atoms with Gasteiger partial charge in [0, 0.05) is 30.2 Å². The van der Waals surface area contributed by atoms with Gasteiger partial charge >= 0.3 is 0 Å². The maximum atomic E-state index is 11.5. The second-order valence-corrected chi connectivity index (χ2v) is 6.66. The van der Waals surface area contributed by atoms with E-state index < -0.39 is 0 Å². The van der Waals surface area contributed by atoms with Crippen molar-refractivity contribution in [1.82, 2.24) is 9.88 Å². The number of rotatable bonds is 6. The van der Waals surface area contributed by atoms with Gasteiger partial charge in [-0.05, 0) is 29.8 Å². The second kappa shape index (κ2) is 8.67. The number of para-hydroxylation sites is 1. The van der Waals surface area contributed by atoms with Gasteiger partial charge < -0.3 is 14.4 Å². The van der Waals surface area contributed by atoms with E-state index in [2.05, 4.69) is 16.0 Å². The van der Waals surface area contributed by atoms with Crippen molar-refractivity contribution < 1.29 is 14.3 Å². The van der Waals surface area contributed by atoms with Crippen LogP contribution in [0.25, 0.3) is 16.5 Å². The van der Waals surface area contributed by atoms with Gasteiger partial charge in [0.25, 0.3) is 0 Å². The summed E-state index contributed by atoms with van der Waals surface area (Å²) in [6, 6.07) is 19.6. The SMILES string of the molecule is O=CC(=CN1CCOCC1)c1ccc(OCc2ccc3ccccc3n2)cc1. The van der Waals surface area contributed by atoms with E-state index in [0.717, 1.165) is 47.3 Å². The number of pyridine rings is 1. The maximum absolute atomic E-state index is 11.5. The van der Waals surface area contributed by atoms with Crippen LogP contribution in [0, 0.1) is 0 Å². The topological polar surface area (TPSA) is 51.7 Å². The summed E-state index contributed by atoms with van der Waals surface area (Å²) in [5.74, 6) is 0.746. The lowest BCUT2D eigenvalue weighted by atomic mass is 10.1. The number of hydrogen-bond acceptors (Lipinski definition) is 5. The van der Waals surface area contributed by atoms with Crippen LogP contribution in [0.3, 0.4) is 0 Å². The van der Waals surface area contributed by atoms with Crippen molar-refractivity contribution in [3.05, 3.63) is 78.1 Å². The van der Waals surface area contributed by atoms with E-state index in [0.29, 0.717) is 25.4 Å². The van der Waals surface area contributed by atoms with E-state index in [1.54, 1.807) is 0 Å². The highest BCUT2D eigenvalue weighted by Gasteiger charge is 2.09. The first-order valence-corrected chi connectivity index (χ1v) is 9.38. The standard InChI is InChI=1S/C23H22N2O3/c26-16-20(15-25-11-13-27-14-12-25)18-6-9-22(10-7-18)28-17-21-8-5-19-3-1-2-4-23(19)24-21/h1-10,15-16H,11-14,17H2. The molecule has 0 unspecified atom stereocenters. The number of benzene rings is 2. The Hall–Kier alpha value is -3.18. The van der Waals surface area contributed by atoms with E-state index in [1.165, 1.54) is 0 Å². The molecule has 142 valence electrons. The molecule has 1 aromatic heterocycles. The highest BCUT2D eigenvalue weighted by molar-refractivity contribution is 6.06. The first kappa shape index (κ1) is 18.2. The van der Waals surface area contributed by atoms with Crippen LogP contribution in [-0.4, -0.2) is 42.5 Å². The largest absolute Gasteiger partial charge is 0.487 e. The molecule has 1 aliphatic rings. The van der Waals surface area contributed by atoms with Crippen molar-refractivity contribution >= 4 is 22.8 Å². The molecule has 1 aliphatic heterocycles. The summed E-state index contributed by atoms with van der Waals surface area (Å²) in [5, 5.41) is 1.11. The Morgan fingerprint density at radius 2 is 1.82 bits per heavy atom. The molecule has 5 nitrogen and oxygen atoms in total. The number of morpholine rings is 1. The summed E-state index contributed by atoms with van der Waals surface area (Å²) in [4.78, 5) is 18.2. The summed E-state index contributed by atoms with van der Waals surface area (Å²) in [5.41, 5.74) is 3.37. The van der Waals surface area contributed by atoms with E-state index in [9.17, 15) is 4.79 Å². The average Bonchev–Trinajstić information content (AvgIpc) is 2.77. The van der Waals surface area contributed by atoms with Crippen molar-refractivity contribution in [2.75, 3.05) is 26.3 Å². The van der Waals surface area contributed by atoms with Crippen LogP contribution in [0.1, 0.15) is 11.3 Å². The van der Waals surface area contributed by atoms with Gasteiger partial charge in [-0.2, -0.15) is 0 Å². The van der Waals surface area contributed by atoms with Crippen molar-refractivity contribution in [3.63, 3.8) is 0 Å². The van der Waals surface area contributed by atoms with Crippen LogP contribution in [0.5, 0.6) is 5.75 Å². The van der Waals surface area contributed by atoms with Gasteiger partial charge in [-0.3, -0.25) is 4.79 Å². The molecule has 5 heteroatoms. The third-order valence-corrected chi connectivity index (χ3v) is 4.72. The van der Waals surface area contributed by atoms with E-state index >= 15 is 0 Å². The van der Waals surface area contributed by atoms with E-state index in [4.69, 9.17) is 9.47 Å². The van der Waals surface area contributed by atoms with Crippen LogP contribution in [0.15, 0.2) is 66.9 Å². The Labute approximate surface area is 164 Å². The smallest absolute Gasteiger partial charge is 0.152 e. The molecule has 4 rings (SSSR count). The number of allylic oxidation sites excluding steroid dienone is 1. The molecule has 2 aromatic carbocycles. The third kappa shape index (κ3) is 4.38. The minimum Gasteiger partial charge on any atom is -0.487 e. The fourth-order valence-electron chi connectivity index (χ4n) is 3.17. The fraction of sp³-hybridized carbons (Fsp3) is 0.217. The predicted molar refractivity (Wildman–Crippen MR) is 109 cm³/mol. The van der Waals surface area contributed by atoms with Crippen molar-refractivity contribution in [2.24, 2.45) is 0 Å². The summed E-state index contributed by atoms with van der Waals surface area (Å²) < 4.78 is 11.2. The Morgan fingerprint density at radius 1 is 1.04 bits per heavy atom. The number of ether oxygens (including phenoxy) is 2. The first-order chi connectivity index (χ1) is 13.8. The highest BCUT2D eigenvalue weighted by Crippen LogP contribution is 2.20. The molecular weight excluding hydrogens is 352 g/mol. The fourth-order valence-corrected chi connectivity index (χ4v) is 3.17. The number of hydrogen-bond donors (Lipinski definition) is 0. The normalized spacial score (nSPS) is 14.9. The summed E-state index contributed by atoms with van der Waals surface area (Å²) in [6.45, 7) is 3.39. The predicted octanol–water partition coefficient (Wildman–Crippen LogP) is 3.69. The Bertz CT molecular complexity index is 977. The molecule has 0 saturated carbocycles. The lowest BCUT2D eigenvalue weighted by molar-refractivity contribution is -0.103. The first-order valence-electron chi connectivity index (χ1n) is 9.38. The average molecular weight is 374 g/mol. The summed E-state index contributed by atoms with van der Waals surface area (Å²) >= 11 is 0. The number of nitrogens with zero attached hydrogens (tertiary/aromatic N) is 2. The molecule has 0 N–H and O–H groups in total. The molecule has 0 amide bonds. The van der Waals surface area contributed by atoms with Crippen LogP contribution in [0.4, 0.5) is 0 Å². The number of carbonyl (C=O) groups excluding carboxylic acids is 1.